The van der Waals surface area contributed by atoms with Crippen LogP contribution in [0.15, 0.2) is 36.5 Å². The van der Waals surface area contributed by atoms with Gasteiger partial charge in [0, 0.05) is 36.9 Å². The van der Waals surface area contributed by atoms with E-state index in [0.29, 0.717) is 54.3 Å². The van der Waals surface area contributed by atoms with E-state index in [-0.39, 0.29) is 11.5 Å². The molecular formula is C32H39F6N5O9. The van der Waals surface area contributed by atoms with E-state index in [2.05, 4.69) is 20.9 Å². The predicted molar refractivity (Wildman–Crippen MR) is 175 cm³/mol. The van der Waals surface area contributed by atoms with Crippen LogP contribution < -0.4 is 31.2 Å². The molecule has 0 radical (unpaired) electrons. The minimum atomic E-state index is -5.08. The number of rotatable bonds is 13. The Morgan fingerprint density at radius 3 is 1.87 bits per heavy atom. The van der Waals surface area contributed by atoms with Gasteiger partial charge in [-0.05, 0) is 50.5 Å². The Morgan fingerprint density at radius 1 is 0.923 bits per heavy atom. The Balaban J connectivity index is 0.000000812. The molecule has 3 rings (SSSR count). The second kappa shape index (κ2) is 19.9. The molecule has 2 aromatic carbocycles. The summed E-state index contributed by atoms with van der Waals surface area (Å²) in [6.45, 7) is 8.63. The van der Waals surface area contributed by atoms with E-state index in [1.807, 2.05) is 39.0 Å². The number of nitrogens with two attached hydrogens (primary N) is 1. The lowest BCUT2D eigenvalue weighted by molar-refractivity contribution is -0.193. The van der Waals surface area contributed by atoms with Gasteiger partial charge < -0.3 is 41.2 Å². The molecule has 14 nitrogen and oxygen atoms in total. The molecule has 1 aromatic heterocycles. The number of anilines is 2. The Morgan fingerprint density at radius 2 is 1.44 bits per heavy atom. The number of carboxylic acid groups (broad SMARTS) is 2. The number of halogens is 6. The fourth-order valence-corrected chi connectivity index (χ4v) is 4.39. The zero-order chi connectivity index (χ0) is 40.0. The van der Waals surface area contributed by atoms with Crippen LogP contribution in [0.4, 0.5) is 37.7 Å². The number of aliphatic hydroxyl groups is 1. The maximum absolute atomic E-state index is 12.4. The average molecular weight is 752 g/mol. The van der Waals surface area contributed by atoms with Crippen molar-refractivity contribution in [2.75, 3.05) is 25.6 Å². The van der Waals surface area contributed by atoms with E-state index in [1.54, 1.807) is 19.1 Å². The van der Waals surface area contributed by atoms with Crippen molar-refractivity contribution in [1.29, 1.82) is 0 Å². The molecule has 0 saturated heterocycles. The second-order valence-corrected chi connectivity index (χ2v) is 10.3. The summed E-state index contributed by atoms with van der Waals surface area (Å²) in [5.41, 5.74) is 9.81. The standard InChI is InChI=1S/C28H37N5O5.2C2HF3O2/c1-6-18-17(14-32-25(16(4)34)28(36)30-5)10-9-11-21(18)33-26-19-12-23(37-7-2)24(38-8-3)13-22(19)31-15-20(26)27(29)35;2*3-2(4,5)1(6)7/h9-13,15-16,25,32,34H,6-8,14H2,1-5H3,(H2,29,35)(H,30,36)(H,31,33);2*(H,6,7). The van der Waals surface area contributed by atoms with Crippen molar-refractivity contribution in [3.63, 3.8) is 0 Å². The lowest BCUT2D eigenvalue weighted by Gasteiger charge is -2.22. The van der Waals surface area contributed by atoms with Crippen molar-refractivity contribution in [2.24, 2.45) is 5.73 Å². The number of ether oxygens (including phenoxy) is 2. The SMILES string of the molecule is CCOc1cc2ncc(C(N)=O)c(Nc3cccc(CNC(C(=O)NC)C(C)O)c3CC)c2cc1OCC.O=C(O)C(F)(F)F.O=C(O)C(F)(F)F. The molecule has 0 spiro atoms. The summed E-state index contributed by atoms with van der Waals surface area (Å²) < 4.78 is 75.0. The molecule has 0 fully saturated rings. The van der Waals surface area contributed by atoms with Crippen LogP contribution in [0.25, 0.3) is 10.9 Å². The number of carbonyl (C=O) groups excluding carboxylic acids is 2. The van der Waals surface area contributed by atoms with Crippen molar-refractivity contribution in [3.05, 3.63) is 53.2 Å². The first-order valence-electron chi connectivity index (χ1n) is 15.3. The fraction of sp³-hybridized carbons (Fsp3) is 0.406. The van der Waals surface area contributed by atoms with E-state index in [0.717, 1.165) is 16.8 Å². The molecule has 2 unspecified atom stereocenters. The number of carboxylic acids is 2. The number of pyridine rings is 1. The zero-order valence-corrected chi connectivity index (χ0v) is 28.5. The number of likely N-dealkylation sites (N-methyl/N-ethyl adjacent to an activating group) is 1. The molecule has 2 atom stereocenters. The summed E-state index contributed by atoms with van der Waals surface area (Å²) in [4.78, 5) is 46.8. The van der Waals surface area contributed by atoms with Crippen molar-refractivity contribution < 1.29 is 70.3 Å². The highest BCUT2D eigenvalue weighted by Gasteiger charge is 2.39. The monoisotopic (exact) mass is 751 g/mol. The van der Waals surface area contributed by atoms with E-state index in [9.17, 15) is 41.0 Å². The molecule has 0 aliphatic carbocycles. The lowest BCUT2D eigenvalue weighted by atomic mass is 10.0. The van der Waals surface area contributed by atoms with E-state index >= 15 is 0 Å². The highest BCUT2D eigenvalue weighted by Crippen LogP contribution is 2.38. The molecule has 52 heavy (non-hydrogen) atoms. The number of amides is 2. The van der Waals surface area contributed by atoms with Crippen molar-refractivity contribution >= 4 is 46.0 Å². The summed E-state index contributed by atoms with van der Waals surface area (Å²) in [6.07, 6.45) is -8.91. The number of hydrogen-bond acceptors (Lipinski definition) is 10. The molecule has 288 valence electrons. The van der Waals surface area contributed by atoms with Crippen molar-refractivity contribution in [2.45, 2.75) is 65.2 Å². The highest BCUT2D eigenvalue weighted by atomic mass is 19.4. The van der Waals surface area contributed by atoms with Gasteiger partial charge in [-0.3, -0.25) is 19.9 Å². The third-order valence-electron chi connectivity index (χ3n) is 6.69. The molecule has 2 amide bonds. The van der Waals surface area contributed by atoms with Gasteiger partial charge in [-0.15, -0.1) is 0 Å². The Kier molecular flexibility index (Phi) is 17.1. The number of primary amides is 1. The quantitative estimate of drug-likeness (QED) is 0.122. The van der Waals surface area contributed by atoms with Crippen molar-refractivity contribution in [1.82, 2.24) is 15.6 Å². The van der Waals surface area contributed by atoms with Crippen LogP contribution in [0, 0.1) is 0 Å². The maximum atomic E-state index is 12.4. The first-order chi connectivity index (χ1) is 24.1. The fourth-order valence-electron chi connectivity index (χ4n) is 4.39. The third kappa shape index (κ3) is 13.1. The highest BCUT2D eigenvalue weighted by molar-refractivity contribution is 6.08. The second-order valence-electron chi connectivity index (χ2n) is 10.3. The number of aliphatic carboxylic acids is 2. The molecule has 8 N–H and O–H groups in total. The molecule has 0 bridgehead atoms. The Bertz CT molecular complexity index is 1680. The van der Waals surface area contributed by atoms with Gasteiger partial charge in [0.2, 0.25) is 5.91 Å². The van der Waals surface area contributed by atoms with Crippen LogP contribution in [-0.2, 0) is 27.3 Å². The van der Waals surface area contributed by atoms with Gasteiger partial charge in [0.05, 0.1) is 36.1 Å². The summed E-state index contributed by atoms with van der Waals surface area (Å²) >= 11 is 0. The van der Waals surface area contributed by atoms with E-state index in [4.69, 9.17) is 35.0 Å². The van der Waals surface area contributed by atoms with Gasteiger partial charge >= 0.3 is 24.3 Å². The summed E-state index contributed by atoms with van der Waals surface area (Å²) in [5, 5.41) is 34.1. The van der Waals surface area contributed by atoms with Crippen molar-refractivity contribution in [3.8, 4) is 11.5 Å². The Hall–Kier alpha value is -5.37. The number of nitrogens with zero attached hydrogens (tertiary/aromatic N) is 1. The van der Waals surface area contributed by atoms with E-state index in [1.165, 1.54) is 13.2 Å². The van der Waals surface area contributed by atoms with Gasteiger partial charge in [0.25, 0.3) is 5.91 Å². The van der Waals surface area contributed by atoms with Crippen LogP contribution in [0.5, 0.6) is 11.5 Å². The third-order valence-corrected chi connectivity index (χ3v) is 6.69. The summed E-state index contributed by atoms with van der Waals surface area (Å²) in [5.74, 6) is -5.31. The minimum Gasteiger partial charge on any atom is -0.490 e. The number of aromatic nitrogens is 1. The van der Waals surface area contributed by atoms with Crippen LogP contribution in [-0.4, -0.2) is 88.8 Å². The summed E-state index contributed by atoms with van der Waals surface area (Å²) in [6, 6.07) is 8.60. The van der Waals surface area contributed by atoms with Crippen LogP contribution in [0.1, 0.15) is 49.2 Å². The Labute approximate surface area is 293 Å². The van der Waals surface area contributed by atoms with Gasteiger partial charge in [-0.25, -0.2) is 9.59 Å². The first-order valence-corrected chi connectivity index (χ1v) is 15.3. The number of carbonyl (C=O) groups is 4. The van der Waals surface area contributed by atoms with Crippen LogP contribution in [0.2, 0.25) is 0 Å². The molecule has 0 saturated carbocycles. The smallest absolute Gasteiger partial charge is 0.490 e. The average Bonchev–Trinajstić information content (AvgIpc) is 3.05. The number of benzene rings is 2. The van der Waals surface area contributed by atoms with Gasteiger partial charge in [-0.1, -0.05) is 19.1 Å². The van der Waals surface area contributed by atoms with Crippen LogP contribution in [0.3, 0.4) is 0 Å². The molecule has 20 heteroatoms. The maximum Gasteiger partial charge on any atom is 0.490 e. The van der Waals surface area contributed by atoms with Gasteiger partial charge in [-0.2, -0.15) is 26.3 Å². The number of nitrogens with one attached hydrogen (secondary N) is 3. The predicted octanol–water partition coefficient (Wildman–Crippen LogP) is 4.29. The number of hydrogen-bond donors (Lipinski definition) is 7. The molecule has 0 aliphatic heterocycles. The molecule has 0 aliphatic rings. The van der Waals surface area contributed by atoms with Gasteiger partial charge in [0.1, 0.15) is 6.04 Å². The van der Waals surface area contributed by atoms with E-state index < -0.39 is 42.3 Å². The number of aliphatic hydroxyl groups excluding tert-OH is 1. The summed E-state index contributed by atoms with van der Waals surface area (Å²) in [7, 11) is 1.53. The van der Waals surface area contributed by atoms with Crippen LogP contribution >= 0.6 is 0 Å². The number of fused-ring (bicyclic) bond motifs is 1. The first kappa shape index (κ1) is 44.7. The molecular weight excluding hydrogens is 712 g/mol. The zero-order valence-electron chi connectivity index (χ0n) is 28.5. The molecule has 1 heterocycles. The normalized spacial score (nSPS) is 12.2. The van der Waals surface area contributed by atoms with Gasteiger partial charge in [0.15, 0.2) is 11.5 Å². The molecule has 3 aromatic rings. The lowest BCUT2D eigenvalue weighted by Crippen LogP contribution is -2.49. The number of alkyl halides is 6. The minimum absolute atomic E-state index is 0.239. The topological polar surface area (TPSA) is 222 Å². The largest absolute Gasteiger partial charge is 0.490 e.